The van der Waals surface area contributed by atoms with Gasteiger partial charge >= 0.3 is 0 Å². The van der Waals surface area contributed by atoms with Crippen LogP contribution >= 0.6 is 0 Å². The first-order chi connectivity index (χ1) is 9.17. The number of nitrogens with zero attached hydrogens (tertiary/aromatic N) is 1. The average Bonchev–Trinajstić information content (AvgIpc) is 2.81. The van der Waals surface area contributed by atoms with Crippen LogP contribution in [0.15, 0.2) is 30.5 Å². The van der Waals surface area contributed by atoms with Crippen molar-refractivity contribution in [3.05, 3.63) is 47.4 Å². The highest BCUT2D eigenvalue weighted by atomic mass is 19.1. The van der Waals surface area contributed by atoms with Crippen LogP contribution in [0.4, 0.5) is 4.39 Å². The number of rotatable bonds is 2. The zero-order valence-electron chi connectivity index (χ0n) is 10.7. The van der Waals surface area contributed by atoms with E-state index in [-0.39, 0.29) is 11.9 Å². The van der Waals surface area contributed by atoms with Crippen molar-refractivity contribution in [2.75, 3.05) is 6.54 Å². The normalized spacial score (nSPS) is 17.1. The van der Waals surface area contributed by atoms with Gasteiger partial charge in [0, 0.05) is 18.5 Å². The van der Waals surface area contributed by atoms with Crippen molar-refractivity contribution in [2.45, 2.75) is 19.4 Å². The molecule has 2 aromatic rings. The van der Waals surface area contributed by atoms with Crippen LogP contribution in [0.25, 0.3) is 11.3 Å². The first kappa shape index (κ1) is 12.1. The summed E-state index contributed by atoms with van der Waals surface area (Å²) in [5.74, 6) is 0.494. The van der Waals surface area contributed by atoms with Crippen LogP contribution < -0.4 is 10.5 Å². The third-order valence-corrected chi connectivity index (χ3v) is 3.31. The number of hydrogen-bond donors (Lipinski definition) is 1. The van der Waals surface area contributed by atoms with Gasteiger partial charge in [0.15, 0.2) is 0 Å². The Labute approximate surface area is 111 Å². The van der Waals surface area contributed by atoms with Crippen LogP contribution in [0, 0.1) is 12.7 Å². The van der Waals surface area contributed by atoms with Crippen LogP contribution in [-0.4, -0.2) is 17.6 Å². The lowest BCUT2D eigenvalue weighted by atomic mass is 10.0. The molecule has 0 saturated heterocycles. The SMILES string of the molecule is Cc1cc2c(c(-c3ccc(F)cn3)c1)OC(CN)C2. The summed E-state index contributed by atoms with van der Waals surface area (Å²) >= 11 is 0. The lowest BCUT2D eigenvalue weighted by Gasteiger charge is -2.11. The smallest absolute Gasteiger partial charge is 0.141 e. The Morgan fingerprint density at radius 2 is 2.26 bits per heavy atom. The fourth-order valence-electron chi connectivity index (χ4n) is 2.45. The number of pyridine rings is 1. The minimum atomic E-state index is -0.339. The molecular formula is C15H15FN2O. The number of aromatic nitrogens is 1. The Bertz CT molecular complexity index is 610. The largest absolute Gasteiger partial charge is 0.488 e. The van der Waals surface area contributed by atoms with Gasteiger partial charge in [-0.3, -0.25) is 4.98 Å². The zero-order chi connectivity index (χ0) is 13.4. The Balaban J connectivity index is 2.10. The highest BCUT2D eigenvalue weighted by molar-refractivity contribution is 5.71. The molecule has 2 N–H and O–H groups in total. The molecule has 4 heteroatoms. The lowest BCUT2D eigenvalue weighted by Crippen LogP contribution is -2.24. The highest BCUT2D eigenvalue weighted by Crippen LogP contribution is 2.38. The second-order valence-electron chi connectivity index (χ2n) is 4.84. The molecular weight excluding hydrogens is 243 g/mol. The van der Waals surface area contributed by atoms with Crippen molar-refractivity contribution in [3.63, 3.8) is 0 Å². The Morgan fingerprint density at radius 3 is 2.95 bits per heavy atom. The number of ether oxygens (including phenoxy) is 1. The third-order valence-electron chi connectivity index (χ3n) is 3.31. The fraction of sp³-hybridized carbons (Fsp3) is 0.267. The Hall–Kier alpha value is -1.94. The molecule has 1 unspecified atom stereocenters. The first-order valence-electron chi connectivity index (χ1n) is 6.29. The van der Waals surface area contributed by atoms with E-state index < -0.39 is 0 Å². The predicted molar refractivity (Wildman–Crippen MR) is 71.5 cm³/mol. The van der Waals surface area contributed by atoms with E-state index in [9.17, 15) is 4.39 Å². The lowest BCUT2D eigenvalue weighted by molar-refractivity contribution is 0.242. The molecule has 0 radical (unpaired) electrons. The quantitative estimate of drug-likeness (QED) is 0.900. The summed E-state index contributed by atoms with van der Waals surface area (Å²) in [6.45, 7) is 2.52. The van der Waals surface area contributed by atoms with Gasteiger partial charge < -0.3 is 10.5 Å². The molecule has 3 nitrogen and oxygen atoms in total. The number of halogens is 1. The van der Waals surface area contributed by atoms with Gasteiger partial charge in [-0.25, -0.2) is 4.39 Å². The maximum atomic E-state index is 13.0. The van der Waals surface area contributed by atoms with Crippen LogP contribution in [0.3, 0.4) is 0 Å². The van der Waals surface area contributed by atoms with Gasteiger partial charge in [0.25, 0.3) is 0 Å². The van der Waals surface area contributed by atoms with E-state index >= 15 is 0 Å². The monoisotopic (exact) mass is 258 g/mol. The molecule has 1 aromatic heterocycles. The summed E-state index contributed by atoms with van der Waals surface area (Å²) in [4.78, 5) is 4.13. The molecule has 0 aliphatic carbocycles. The van der Waals surface area contributed by atoms with Crippen molar-refractivity contribution in [1.82, 2.24) is 4.98 Å². The molecule has 3 rings (SSSR count). The summed E-state index contributed by atoms with van der Waals surface area (Å²) in [5.41, 5.74) is 9.59. The molecule has 0 amide bonds. The number of aryl methyl sites for hydroxylation is 1. The molecule has 2 heterocycles. The van der Waals surface area contributed by atoms with Crippen LogP contribution in [0.5, 0.6) is 5.75 Å². The Morgan fingerprint density at radius 1 is 1.42 bits per heavy atom. The minimum Gasteiger partial charge on any atom is -0.488 e. The summed E-state index contributed by atoms with van der Waals surface area (Å²) in [5, 5.41) is 0. The summed E-state index contributed by atoms with van der Waals surface area (Å²) in [6.07, 6.45) is 2.07. The zero-order valence-corrected chi connectivity index (χ0v) is 10.7. The van der Waals surface area contributed by atoms with Crippen molar-refractivity contribution in [3.8, 4) is 17.0 Å². The Kier molecular flexibility index (Phi) is 2.95. The van der Waals surface area contributed by atoms with Gasteiger partial charge in [-0.15, -0.1) is 0 Å². The van der Waals surface area contributed by atoms with E-state index in [2.05, 4.69) is 11.1 Å². The maximum absolute atomic E-state index is 13.0. The molecule has 0 spiro atoms. The molecule has 98 valence electrons. The summed E-state index contributed by atoms with van der Waals surface area (Å²) in [6, 6.07) is 7.20. The van der Waals surface area contributed by atoms with Crippen molar-refractivity contribution >= 4 is 0 Å². The molecule has 0 saturated carbocycles. The average molecular weight is 258 g/mol. The van der Waals surface area contributed by atoms with Gasteiger partial charge in [-0.2, -0.15) is 0 Å². The van der Waals surface area contributed by atoms with E-state index in [0.29, 0.717) is 6.54 Å². The fourth-order valence-corrected chi connectivity index (χ4v) is 2.45. The van der Waals surface area contributed by atoms with Crippen LogP contribution in [0.2, 0.25) is 0 Å². The minimum absolute atomic E-state index is 0.0241. The van der Waals surface area contributed by atoms with Crippen molar-refractivity contribution in [1.29, 1.82) is 0 Å². The number of hydrogen-bond acceptors (Lipinski definition) is 3. The van der Waals surface area contributed by atoms with E-state index in [0.717, 1.165) is 34.6 Å². The molecule has 1 aliphatic heterocycles. The van der Waals surface area contributed by atoms with Crippen molar-refractivity contribution < 1.29 is 9.13 Å². The second-order valence-corrected chi connectivity index (χ2v) is 4.84. The number of benzene rings is 1. The molecule has 1 aromatic carbocycles. The molecule has 0 bridgehead atoms. The predicted octanol–water partition coefficient (Wildman–Crippen LogP) is 2.46. The van der Waals surface area contributed by atoms with Gasteiger partial charge in [0.1, 0.15) is 17.7 Å². The molecule has 19 heavy (non-hydrogen) atoms. The second kappa shape index (κ2) is 4.63. The topological polar surface area (TPSA) is 48.1 Å². The van der Waals surface area contributed by atoms with Gasteiger partial charge in [-0.1, -0.05) is 6.07 Å². The number of nitrogens with two attached hydrogens (primary N) is 1. The van der Waals surface area contributed by atoms with Gasteiger partial charge in [0.2, 0.25) is 0 Å². The maximum Gasteiger partial charge on any atom is 0.141 e. The van der Waals surface area contributed by atoms with E-state index in [1.165, 1.54) is 12.3 Å². The summed E-state index contributed by atoms with van der Waals surface area (Å²) in [7, 11) is 0. The van der Waals surface area contributed by atoms with Gasteiger partial charge in [0.05, 0.1) is 11.9 Å². The molecule has 0 fully saturated rings. The molecule has 1 atom stereocenters. The standard InChI is InChI=1S/C15H15FN2O/c1-9-4-10-6-12(7-17)19-15(10)13(5-9)14-3-2-11(16)8-18-14/h2-5,8,12H,6-7,17H2,1H3. The first-order valence-corrected chi connectivity index (χ1v) is 6.29. The third kappa shape index (κ3) is 2.19. The highest BCUT2D eigenvalue weighted by Gasteiger charge is 2.25. The van der Waals surface area contributed by atoms with E-state index in [4.69, 9.17) is 10.5 Å². The van der Waals surface area contributed by atoms with Gasteiger partial charge in [-0.05, 0) is 36.2 Å². The van der Waals surface area contributed by atoms with Crippen molar-refractivity contribution in [2.24, 2.45) is 5.73 Å². The molecule has 1 aliphatic rings. The van der Waals surface area contributed by atoms with Crippen LogP contribution in [-0.2, 0) is 6.42 Å². The summed E-state index contributed by atoms with van der Waals surface area (Å²) < 4.78 is 18.8. The van der Waals surface area contributed by atoms with Crippen LogP contribution in [0.1, 0.15) is 11.1 Å². The number of fused-ring (bicyclic) bond motifs is 1. The van der Waals surface area contributed by atoms with E-state index in [1.54, 1.807) is 6.07 Å². The van der Waals surface area contributed by atoms with E-state index in [1.807, 2.05) is 13.0 Å².